The topological polar surface area (TPSA) is 80.5 Å². The number of hydrogen-bond acceptors (Lipinski definition) is 6. The molecule has 26 heavy (non-hydrogen) atoms. The molecule has 9 heteroatoms. The molecular formula is C17H18F2N4O3. The van der Waals surface area contributed by atoms with Crippen molar-refractivity contribution < 1.29 is 22.7 Å². The van der Waals surface area contributed by atoms with E-state index in [-0.39, 0.29) is 11.8 Å². The minimum absolute atomic E-state index is 0.0236. The van der Waals surface area contributed by atoms with Crippen LogP contribution in [0.3, 0.4) is 0 Å². The lowest BCUT2D eigenvalue weighted by Crippen LogP contribution is -2.41. The van der Waals surface area contributed by atoms with Gasteiger partial charge in [0.25, 0.3) is 11.8 Å². The Labute approximate surface area is 148 Å². The van der Waals surface area contributed by atoms with E-state index in [1.54, 1.807) is 23.2 Å². The molecule has 1 amide bonds. The predicted molar refractivity (Wildman–Crippen MR) is 86.1 cm³/mol. The number of carbonyl (C=O) groups is 1. The Bertz CT molecular complexity index is 805. The second kappa shape index (κ2) is 7.08. The number of rotatable bonds is 5. The third-order valence-electron chi connectivity index (χ3n) is 4.70. The van der Waals surface area contributed by atoms with Gasteiger partial charge in [-0.1, -0.05) is 6.07 Å². The van der Waals surface area contributed by atoms with Crippen LogP contribution in [0.5, 0.6) is 0 Å². The molecule has 1 fully saturated rings. The lowest BCUT2D eigenvalue weighted by molar-refractivity contribution is 0.0502. The average molecular weight is 364 g/mol. The highest BCUT2D eigenvalue weighted by molar-refractivity contribution is 5.99. The molecule has 3 heterocycles. The van der Waals surface area contributed by atoms with Gasteiger partial charge >= 0.3 is 6.43 Å². The van der Waals surface area contributed by atoms with Gasteiger partial charge in [-0.25, -0.2) is 5.43 Å². The largest absolute Gasteiger partial charge is 0.415 e. The highest BCUT2D eigenvalue weighted by Gasteiger charge is 2.29. The van der Waals surface area contributed by atoms with E-state index in [9.17, 15) is 13.6 Å². The Balaban J connectivity index is 1.46. The number of benzene rings is 1. The molecule has 0 unspecified atom stereocenters. The van der Waals surface area contributed by atoms with Gasteiger partial charge < -0.3 is 9.15 Å². The van der Waals surface area contributed by atoms with Crippen LogP contribution in [0.15, 0.2) is 22.6 Å². The van der Waals surface area contributed by atoms with Gasteiger partial charge in [0.15, 0.2) is 0 Å². The van der Waals surface area contributed by atoms with Crippen molar-refractivity contribution in [3.63, 3.8) is 0 Å². The number of aromatic nitrogens is 2. The normalized spacial score (nSPS) is 18.0. The summed E-state index contributed by atoms with van der Waals surface area (Å²) in [7, 11) is 0. The molecule has 1 aromatic carbocycles. The summed E-state index contributed by atoms with van der Waals surface area (Å²) in [6.07, 6.45) is -0.858. The number of ether oxygens (including phenoxy) is 1. The highest BCUT2D eigenvalue weighted by Crippen LogP contribution is 2.29. The molecule has 0 atom stereocenters. The Morgan fingerprint density at radius 3 is 2.81 bits per heavy atom. The zero-order chi connectivity index (χ0) is 18.1. The first-order chi connectivity index (χ1) is 12.6. The molecule has 1 aromatic heterocycles. The maximum Gasteiger partial charge on any atom is 0.314 e. The summed E-state index contributed by atoms with van der Waals surface area (Å²) >= 11 is 0. The van der Waals surface area contributed by atoms with E-state index in [4.69, 9.17) is 9.15 Å². The number of hydrazine groups is 1. The summed E-state index contributed by atoms with van der Waals surface area (Å²) in [5.74, 6) is -0.416. The van der Waals surface area contributed by atoms with Crippen molar-refractivity contribution in [2.45, 2.75) is 25.8 Å². The SMILES string of the molecule is O=C1c2cc(-c3nnc(C(F)F)o3)ccc2CN1NCC1CCOCC1. The van der Waals surface area contributed by atoms with Gasteiger partial charge in [0.2, 0.25) is 5.89 Å². The lowest BCUT2D eigenvalue weighted by atomic mass is 10.0. The van der Waals surface area contributed by atoms with Crippen molar-refractivity contribution in [1.82, 2.24) is 20.6 Å². The Kier molecular flexibility index (Phi) is 4.64. The molecule has 0 spiro atoms. The molecule has 2 aliphatic rings. The van der Waals surface area contributed by atoms with Gasteiger partial charge in [0.05, 0.1) is 6.54 Å². The fraction of sp³-hybridized carbons (Fsp3) is 0.471. The summed E-state index contributed by atoms with van der Waals surface area (Å²) in [6, 6.07) is 5.08. The third-order valence-corrected chi connectivity index (χ3v) is 4.70. The third kappa shape index (κ3) is 3.32. The monoisotopic (exact) mass is 364 g/mol. The van der Waals surface area contributed by atoms with Gasteiger partial charge in [0.1, 0.15) is 0 Å². The minimum Gasteiger partial charge on any atom is -0.415 e. The van der Waals surface area contributed by atoms with Gasteiger partial charge in [-0.3, -0.25) is 9.80 Å². The molecule has 1 N–H and O–H groups in total. The second-order valence-corrected chi connectivity index (χ2v) is 6.43. The zero-order valence-corrected chi connectivity index (χ0v) is 14.0. The number of amides is 1. The first kappa shape index (κ1) is 17.0. The Morgan fingerprint density at radius 2 is 2.08 bits per heavy atom. The van der Waals surface area contributed by atoms with E-state index >= 15 is 0 Å². The summed E-state index contributed by atoms with van der Waals surface area (Å²) in [4.78, 5) is 12.6. The molecule has 0 saturated carbocycles. The molecule has 7 nitrogen and oxygen atoms in total. The van der Waals surface area contributed by atoms with Gasteiger partial charge in [-0.05, 0) is 36.5 Å². The molecule has 0 bridgehead atoms. The molecule has 0 aliphatic carbocycles. The summed E-state index contributed by atoms with van der Waals surface area (Å²) in [6.45, 7) is 2.70. The van der Waals surface area contributed by atoms with Crippen LogP contribution in [0, 0.1) is 5.92 Å². The Hall–Kier alpha value is -2.39. The van der Waals surface area contributed by atoms with E-state index in [0.29, 0.717) is 23.6 Å². The maximum atomic E-state index is 12.6. The molecule has 4 rings (SSSR count). The van der Waals surface area contributed by atoms with Crippen molar-refractivity contribution in [3.05, 3.63) is 35.2 Å². The molecule has 1 saturated heterocycles. The van der Waals surface area contributed by atoms with Crippen molar-refractivity contribution in [2.75, 3.05) is 19.8 Å². The van der Waals surface area contributed by atoms with E-state index in [2.05, 4.69) is 15.6 Å². The smallest absolute Gasteiger partial charge is 0.314 e. The van der Waals surface area contributed by atoms with Crippen LogP contribution in [0.25, 0.3) is 11.5 Å². The average Bonchev–Trinajstić information content (AvgIpc) is 3.26. The Morgan fingerprint density at radius 1 is 1.27 bits per heavy atom. The van der Waals surface area contributed by atoms with E-state index in [1.807, 2.05) is 0 Å². The van der Waals surface area contributed by atoms with Crippen LogP contribution in [0.2, 0.25) is 0 Å². The first-order valence-electron chi connectivity index (χ1n) is 8.50. The predicted octanol–water partition coefficient (Wildman–Crippen LogP) is 2.56. The van der Waals surface area contributed by atoms with Crippen LogP contribution < -0.4 is 5.43 Å². The lowest BCUT2D eigenvalue weighted by Gasteiger charge is -2.25. The number of nitrogens with zero attached hydrogens (tertiary/aromatic N) is 3. The molecular weight excluding hydrogens is 346 g/mol. The standard InChI is InChI=1S/C17H18F2N4O3/c18-14(19)16-22-21-15(26-16)11-1-2-12-9-23(17(24)13(12)7-11)20-8-10-3-5-25-6-4-10/h1-2,7,10,14,20H,3-6,8-9H2. The zero-order valence-electron chi connectivity index (χ0n) is 14.0. The van der Waals surface area contributed by atoms with Crippen LogP contribution in [-0.2, 0) is 11.3 Å². The van der Waals surface area contributed by atoms with E-state index in [0.717, 1.165) is 38.2 Å². The summed E-state index contributed by atoms with van der Waals surface area (Å²) in [5.41, 5.74) is 5.03. The van der Waals surface area contributed by atoms with Gasteiger partial charge in [-0.2, -0.15) is 8.78 Å². The molecule has 2 aromatic rings. The number of nitrogens with one attached hydrogen (secondary N) is 1. The first-order valence-corrected chi connectivity index (χ1v) is 8.50. The maximum absolute atomic E-state index is 12.6. The molecule has 2 aliphatic heterocycles. The van der Waals surface area contributed by atoms with Crippen LogP contribution >= 0.6 is 0 Å². The number of alkyl halides is 2. The van der Waals surface area contributed by atoms with Crippen molar-refractivity contribution in [1.29, 1.82) is 0 Å². The van der Waals surface area contributed by atoms with Crippen LogP contribution in [0.4, 0.5) is 8.78 Å². The van der Waals surface area contributed by atoms with Crippen molar-refractivity contribution in [3.8, 4) is 11.5 Å². The second-order valence-electron chi connectivity index (χ2n) is 6.43. The summed E-state index contributed by atoms with van der Waals surface area (Å²) in [5, 5.41) is 8.53. The molecule has 138 valence electrons. The molecule has 0 radical (unpaired) electrons. The van der Waals surface area contributed by atoms with Gasteiger partial charge in [-0.15, -0.1) is 10.2 Å². The van der Waals surface area contributed by atoms with E-state index < -0.39 is 12.3 Å². The number of hydrogen-bond donors (Lipinski definition) is 1. The van der Waals surface area contributed by atoms with Crippen LogP contribution in [0.1, 0.15) is 41.1 Å². The number of fused-ring (bicyclic) bond motifs is 1. The fourth-order valence-corrected chi connectivity index (χ4v) is 3.19. The van der Waals surface area contributed by atoms with Crippen molar-refractivity contribution in [2.24, 2.45) is 5.92 Å². The quantitative estimate of drug-likeness (QED) is 0.878. The van der Waals surface area contributed by atoms with E-state index in [1.165, 1.54) is 0 Å². The number of halogens is 2. The van der Waals surface area contributed by atoms with Gasteiger partial charge in [0, 0.05) is 30.9 Å². The van der Waals surface area contributed by atoms with Crippen molar-refractivity contribution >= 4 is 5.91 Å². The van der Waals surface area contributed by atoms with Crippen LogP contribution in [-0.4, -0.2) is 40.9 Å². The summed E-state index contributed by atoms with van der Waals surface area (Å²) < 4.78 is 35.5. The highest BCUT2D eigenvalue weighted by atomic mass is 19.3. The minimum atomic E-state index is -2.82. The fourth-order valence-electron chi connectivity index (χ4n) is 3.19. The number of carbonyl (C=O) groups excluding carboxylic acids is 1.